The second-order valence-corrected chi connectivity index (χ2v) is 13.9. The van der Waals surface area contributed by atoms with Crippen LogP contribution in [0.3, 0.4) is 0 Å². The summed E-state index contributed by atoms with van der Waals surface area (Å²) in [5.41, 5.74) is 5.00. The Labute approximate surface area is 244 Å². The highest BCUT2D eigenvalue weighted by Crippen LogP contribution is 2.32. The fourth-order valence-corrected chi connectivity index (χ4v) is 5.84. The van der Waals surface area contributed by atoms with Gasteiger partial charge in [0.25, 0.3) is 0 Å². The molecule has 0 bridgehead atoms. The minimum atomic E-state index is -0.668. The van der Waals surface area contributed by atoms with Crippen molar-refractivity contribution in [2.75, 3.05) is 43.2 Å². The van der Waals surface area contributed by atoms with Gasteiger partial charge in [-0.15, -0.1) is 23.5 Å². The molecule has 0 spiro atoms. The zero-order valence-electron chi connectivity index (χ0n) is 22.7. The predicted octanol–water partition coefficient (Wildman–Crippen LogP) is 8.12. The SMILES string of the molecule is Cc1ccc(SCC(CSc2ccc(C)cc2)c2ccc(NCCOCCOC(=O)C(C)(C)Br)cc2)cc1. The van der Waals surface area contributed by atoms with Crippen molar-refractivity contribution in [1.82, 2.24) is 0 Å². The molecule has 7 heteroatoms. The van der Waals surface area contributed by atoms with Crippen LogP contribution in [0.2, 0.25) is 0 Å². The smallest absolute Gasteiger partial charge is 0.322 e. The van der Waals surface area contributed by atoms with Gasteiger partial charge in [-0.1, -0.05) is 63.5 Å². The number of carbonyl (C=O) groups is 1. The molecule has 3 aromatic rings. The first-order chi connectivity index (χ1) is 18.2. The predicted molar refractivity (Wildman–Crippen MR) is 166 cm³/mol. The number of rotatable bonds is 15. The van der Waals surface area contributed by atoms with E-state index in [4.69, 9.17) is 9.47 Å². The Morgan fingerprint density at radius 1 is 0.816 bits per heavy atom. The Morgan fingerprint density at radius 3 is 1.84 bits per heavy atom. The number of hydrogen-bond donors (Lipinski definition) is 1. The van der Waals surface area contributed by atoms with Gasteiger partial charge in [0.1, 0.15) is 10.9 Å². The van der Waals surface area contributed by atoms with E-state index < -0.39 is 4.32 Å². The Balaban J connectivity index is 1.49. The molecule has 0 aromatic heterocycles. The number of alkyl halides is 1. The van der Waals surface area contributed by atoms with Crippen molar-refractivity contribution in [2.45, 2.75) is 47.7 Å². The molecule has 1 N–H and O–H groups in total. The highest BCUT2D eigenvalue weighted by Gasteiger charge is 2.25. The fourth-order valence-electron chi connectivity index (χ4n) is 3.51. The van der Waals surface area contributed by atoms with Crippen molar-refractivity contribution in [3.05, 3.63) is 89.5 Å². The van der Waals surface area contributed by atoms with Gasteiger partial charge in [-0.2, -0.15) is 0 Å². The zero-order valence-corrected chi connectivity index (χ0v) is 25.9. The van der Waals surface area contributed by atoms with Crippen LogP contribution in [0, 0.1) is 13.8 Å². The second kappa shape index (κ2) is 15.6. The van der Waals surface area contributed by atoms with E-state index in [9.17, 15) is 4.79 Å². The van der Waals surface area contributed by atoms with Crippen LogP contribution in [0.25, 0.3) is 0 Å². The minimum Gasteiger partial charge on any atom is -0.462 e. The van der Waals surface area contributed by atoms with Crippen molar-refractivity contribution in [3.8, 4) is 0 Å². The van der Waals surface area contributed by atoms with Crippen LogP contribution in [0.1, 0.15) is 36.5 Å². The van der Waals surface area contributed by atoms with Gasteiger partial charge in [0.05, 0.1) is 13.2 Å². The number of hydrogen-bond acceptors (Lipinski definition) is 6. The molecule has 0 amide bonds. The van der Waals surface area contributed by atoms with Crippen molar-refractivity contribution in [3.63, 3.8) is 0 Å². The van der Waals surface area contributed by atoms with Gasteiger partial charge in [0, 0.05) is 39.4 Å². The average molecular weight is 617 g/mol. The third-order valence-electron chi connectivity index (χ3n) is 5.85. The number of halogens is 1. The summed E-state index contributed by atoms with van der Waals surface area (Å²) in [6, 6.07) is 26.3. The fraction of sp³-hybridized carbons (Fsp3) is 0.387. The molecule has 0 aliphatic heterocycles. The molecular weight excluding hydrogens is 578 g/mol. The summed E-state index contributed by atoms with van der Waals surface area (Å²) in [4.78, 5) is 14.3. The van der Waals surface area contributed by atoms with Crippen LogP contribution in [0.15, 0.2) is 82.6 Å². The summed E-state index contributed by atoms with van der Waals surface area (Å²) in [6.45, 7) is 9.65. The van der Waals surface area contributed by atoms with Crippen LogP contribution in [-0.4, -0.2) is 48.2 Å². The van der Waals surface area contributed by atoms with Gasteiger partial charge in [-0.05, 0) is 69.7 Å². The van der Waals surface area contributed by atoms with Crippen LogP contribution in [-0.2, 0) is 14.3 Å². The summed E-state index contributed by atoms with van der Waals surface area (Å²) in [5, 5.41) is 3.41. The van der Waals surface area contributed by atoms with E-state index in [1.165, 1.54) is 26.5 Å². The summed E-state index contributed by atoms with van der Waals surface area (Å²) in [7, 11) is 0. The molecule has 0 saturated heterocycles. The molecule has 0 atom stereocenters. The van der Waals surface area contributed by atoms with Crippen LogP contribution in [0.4, 0.5) is 5.69 Å². The van der Waals surface area contributed by atoms with Gasteiger partial charge in [-0.25, -0.2) is 0 Å². The molecule has 0 aliphatic rings. The number of thioether (sulfide) groups is 2. The lowest BCUT2D eigenvalue weighted by atomic mass is 10.0. The van der Waals surface area contributed by atoms with Crippen LogP contribution >= 0.6 is 39.5 Å². The summed E-state index contributed by atoms with van der Waals surface area (Å²) in [6.07, 6.45) is 0. The molecule has 0 radical (unpaired) electrons. The van der Waals surface area contributed by atoms with Gasteiger partial charge >= 0.3 is 5.97 Å². The molecule has 0 saturated carbocycles. The highest BCUT2D eigenvalue weighted by molar-refractivity contribution is 9.10. The third kappa shape index (κ3) is 11.0. The maximum atomic E-state index is 11.7. The highest BCUT2D eigenvalue weighted by atomic mass is 79.9. The van der Waals surface area contributed by atoms with Crippen LogP contribution in [0.5, 0.6) is 0 Å². The van der Waals surface area contributed by atoms with E-state index in [1.54, 1.807) is 13.8 Å². The number of benzene rings is 3. The number of nitrogens with one attached hydrogen (secondary N) is 1. The maximum absolute atomic E-state index is 11.7. The zero-order chi connectivity index (χ0) is 27.4. The quantitative estimate of drug-likeness (QED) is 0.0806. The number of carbonyl (C=O) groups excluding carboxylic acids is 1. The summed E-state index contributed by atoms with van der Waals surface area (Å²) < 4.78 is 10.1. The Morgan fingerprint density at radius 2 is 1.34 bits per heavy atom. The van der Waals surface area contributed by atoms with E-state index in [0.29, 0.717) is 25.7 Å². The monoisotopic (exact) mass is 615 g/mol. The lowest BCUT2D eigenvalue weighted by Crippen LogP contribution is -2.28. The maximum Gasteiger partial charge on any atom is 0.322 e. The van der Waals surface area contributed by atoms with Gasteiger partial charge in [0.15, 0.2) is 0 Å². The Hall–Kier alpha value is -1.93. The lowest BCUT2D eigenvalue weighted by molar-refractivity contribution is -0.146. The first kappa shape index (κ1) is 30.6. The van der Waals surface area contributed by atoms with Gasteiger partial charge in [0.2, 0.25) is 0 Å². The van der Waals surface area contributed by atoms with E-state index >= 15 is 0 Å². The van der Waals surface area contributed by atoms with Crippen molar-refractivity contribution >= 4 is 51.1 Å². The van der Waals surface area contributed by atoms with Crippen LogP contribution < -0.4 is 5.32 Å². The molecule has 0 fully saturated rings. The molecule has 38 heavy (non-hydrogen) atoms. The molecule has 0 heterocycles. The Bertz CT molecular complexity index is 1060. The molecule has 0 unspecified atom stereocenters. The summed E-state index contributed by atoms with van der Waals surface area (Å²) in [5.74, 6) is 2.20. The van der Waals surface area contributed by atoms with Crippen molar-refractivity contribution in [1.29, 1.82) is 0 Å². The number of anilines is 1. The number of esters is 1. The van der Waals surface area contributed by atoms with Gasteiger partial charge < -0.3 is 14.8 Å². The number of ether oxygens (including phenoxy) is 2. The first-order valence-corrected chi connectivity index (χ1v) is 15.6. The molecule has 3 aromatic carbocycles. The molecule has 0 aliphatic carbocycles. The second-order valence-electron chi connectivity index (χ2n) is 9.71. The average Bonchev–Trinajstić information content (AvgIpc) is 2.90. The van der Waals surface area contributed by atoms with Gasteiger partial charge in [-0.3, -0.25) is 4.79 Å². The minimum absolute atomic E-state index is 0.255. The first-order valence-electron chi connectivity index (χ1n) is 12.9. The molecular formula is C31H38BrNO3S2. The van der Waals surface area contributed by atoms with E-state index in [-0.39, 0.29) is 12.6 Å². The van der Waals surface area contributed by atoms with Crippen molar-refractivity contribution in [2.24, 2.45) is 0 Å². The topological polar surface area (TPSA) is 47.6 Å². The van der Waals surface area contributed by atoms with E-state index in [1.807, 2.05) is 23.5 Å². The molecule has 204 valence electrons. The lowest BCUT2D eigenvalue weighted by Gasteiger charge is -2.18. The largest absolute Gasteiger partial charge is 0.462 e. The summed E-state index contributed by atoms with van der Waals surface area (Å²) >= 11 is 7.13. The van der Waals surface area contributed by atoms with E-state index in [2.05, 4.69) is 108 Å². The van der Waals surface area contributed by atoms with Crippen molar-refractivity contribution < 1.29 is 14.3 Å². The van der Waals surface area contributed by atoms with E-state index in [0.717, 1.165) is 17.2 Å². The molecule has 4 nitrogen and oxygen atoms in total. The number of aryl methyl sites for hydroxylation is 2. The third-order valence-corrected chi connectivity index (χ3v) is 8.52. The normalized spacial score (nSPS) is 11.5. The molecule has 3 rings (SSSR count). The Kier molecular flexibility index (Phi) is 12.6. The standard InChI is InChI=1S/C31H38BrNO3S2/c1-23-5-13-28(14-6-23)37-21-26(22-38-29-15-7-24(2)8-16-29)25-9-11-27(12-10-25)33-17-18-35-19-20-36-30(34)31(3,4)32/h5-16,26,33H,17-22H2,1-4H3.